The lowest BCUT2D eigenvalue weighted by molar-refractivity contribution is -0.128. The Morgan fingerprint density at radius 3 is 2.31 bits per heavy atom. The van der Waals surface area contributed by atoms with E-state index < -0.39 is 6.10 Å². The summed E-state index contributed by atoms with van der Waals surface area (Å²) in [6, 6.07) is 15.3. The van der Waals surface area contributed by atoms with Crippen LogP contribution in [-0.2, 0) is 11.2 Å². The van der Waals surface area contributed by atoms with E-state index in [2.05, 4.69) is 5.32 Å². The molecular formula is C21H27NO4. The van der Waals surface area contributed by atoms with Crippen molar-refractivity contribution in [3.05, 3.63) is 54.1 Å². The molecule has 140 valence electrons. The van der Waals surface area contributed by atoms with Gasteiger partial charge in [0.2, 0.25) is 0 Å². The van der Waals surface area contributed by atoms with Crippen LogP contribution in [0.25, 0.3) is 0 Å². The van der Waals surface area contributed by atoms with Crippen molar-refractivity contribution in [3.63, 3.8) is 0 Å². The molecule has 0 radical (unpaired) electrons. The topological polar surface area (TPSA) is 56.8 Å². The van der Waals surface area contributed by atoms with Crippen molar-refractivity contribution >= 4 is 5.91 Å². The number of ether oxygens (including phenoxy) is 3. The van der Waals surface area contributed by atoms with Gasteiger partial charge in [-0.3, -0.25) is 4.79 Å². The molecule has 1 N–H and O–H groups in total. The van der Waals surface area contributed by atoms with Crippen LogP contribution in [0, 0.1) is 0 Å². The van der Waals surface area contributed by atoms with Gasteiger partial charge in [-0.1, -0.05) is 31.2 Å². The van der Waals surface area contributed by atoms with Crippen LogP contribution in [-0.4, -0.2) is 32.8 Å². The number of amides is 1. The lowest BCUT2D eigenvalue weighted by Crippen LogP contribution is -2.38. The first-order chi connectivity index (χ1) is 12.7. The number of carbonyl (C=O) groups excluding carboxylic acids is 1. The van der Waals surface area contributed by atoms with Crippen molar-refractivity contribution in [2.75, 3.05) is 20.8 Å². The number of methoxy groups -OCH3 is 2. The van der Waals surface area contributed by atoms with Gasteiger partial charge in [-0.2, -0.15) is 0 Å². The van der Waals surface area contributed by atoms with Crippen molar-refractivity contribution in [2.24, 2.45) is 0 Å². The predicted octanol–water partition coefficient (Wildman–Crippen LogP) is 3.61. The van der Waals surface area contributed by atoms with E-state index in [0.29, 0.717) is 24.5 Å². The minimum absolute atomic E-state index is 0.104. The Balaban J connectivity index is 1.79. The molecule has 0 bridgehead atoms. The molecule has 0 aliphatic carbocycles. The molecule has 0 aliphatic rings. The minimum atomic E-state index is -0.535. The summed E-state index contributed by atoms with van der Waals surface area (Å²) in [6.45, 7) is 2.54. The first-order valence-corrected chi connectivity index (χ1v) is 8.88. The lowest BCUT2D eigenvalue weighted by atomic mass is 10.1. The van der Waals surface area contributed by atoms with Crippen molar-refractivity contribution in [1.29, 1.82) is 0 Å². The molecule has 26 heavy (non-hydrogen) atoms. The summed E-state index contributed by atoms with van der Waals surface area (Å²) in [4.78, 5) is 12.4. The molecule has 2 aromatic carbocycles. The van der Waals surface area contributed by atoms with Gasteiger partial charge in [0.15, 0.2) is 17.6 Å². The molecule has 1 unspecified atom stereocenters. The lowest BCUT2D eigenvalue weighted by Gasteiger charge is -2.18. The molecule has 0 aromatic heterocycles. The quantitative estimate of drug-likeness (QED) is 0.660. The summed E-state index contributed by atoms with van der Waals surface area (Å²) in [5, 5.41) is 2.95. The highest BCUT2D eigenvalue weighted by molar-refractivity contribution is 5.81. The third-order valence-electron chi connectivity index (χ3n) is 4.10. The van der Waals surface area contributed by atoms with Crippen LogP contribution in [0.15, 0.2) is 48.5 Å². The van der Waals surface area contributed by atoms with Gasteiger partial charge >= 0.3 is 0 Å². The van der Waals surface area contributed by atoms with E-state index in [1.165, 1.54) is 5.56 Å². The molecule has 0 saturated heterocycles. The van der Waals surface area contributed by atoms with E-state index in [1.807, 2.05) is 49.4 Å². The van der Waals surface area contributed by atoms with Crippen molar-refractivity contribution in [3.8, 4) is 17.2 Å². The number of rotatable bonds is 10. The molecule has 0 saturated carbocycles. The third-order valence-corrected chi connectivity index (χ3v) is 4.10. The van der Waals surface area contributed by atoms with Crippen LogP contribution >= 0.6 is 0 Å². The van der Waals surface area contributed by atoms with Crippen LogP contribution in [0.5, 0.6) is 17.2 Å². The summed E-state index contributed by atoms with van der Waals surface area (Å²) in [5.74, 6) is 1.95. The first kappa shape index (κ1) is 19.6. The fourth-order valence-electron chi connectivity index (χ4n) is 2.60. The summed E-state index contributed by atoms with van der Waals surface area (Å²) in [7, 11) is 3.24. The number of carbonyl (C=O) groups is 1. The van der Waals surface area contributed by atoms with E-state index in [-0.39, 0.29) is 5.91 Å². The van der Waals surface area contributed by atoms with E-state index in [1.54, 1.807) is 20.3 Å². The predicted molar refractivity (Wildman–Crippen MR) is 102 cm³/mol. The van der Waals surface area contributed by atoms with Gasteiger partial charge in [0.1, 0.15) is 5.75 Å². The molecule has 2 aromatic rings. The van der Waals surface area contributed by atoms with Gasteiger partial charge in [0.25, 0.3) is 5.91 Å². The molecule has 5 nitrogen and oxygen atoms in total. The molecule has 0 fully saturated rings. The Hall–Kier alpha value is -2.69. The Morgan fingerprint density at radius 1 is 1.00 bits per heavy atom. The Morgan fingerprint density at radius 2 is 1.69 bits per heavy atom. The Bertz CT molecular complexity index is 685. The number of hydrogen-bond acceptors (Lipinski definition) is 4. The van der Waals surface area contributed by atoms with Gasteiger partial charge in [-0.05, 0) is 49.1 Å². The second-order valence-electron chi connectivity index (χ2n) is 5.91. The zero-order valence-corrected chi connectivity index (χ0v) is 15.7. The molecule has 5 heteroatoms. The number of para-hydroxylation sites is 2. The zero-order valence-electron chi connectivity index (χ0n) is 15.7. The highest BCUT2D eigenvalue weighted by Crippen LogP contribution is 2.27. The second-order valence-corrected chi connectivity index (χ2v) is 5.91. The Labute approximate surface area is 155 Å². The summed E-state index contributed by atoms with van der Waals surface area (Å²) in [5.41, 5.74) is 1.22. The smallest absolute Gasteiger partial charge is 0.261 e. The summed E-state index contributed by atoms with van der Waals surface area (Å²) < 4.78 is 16.3. The standard InChI is InChI=1S/C21H27NO4/c1-4-18(26-20-10-6-5-9-19(20)25-3)21(23)22-15-7-8-16-11-13-17(24-2)14-12-16/h5-6,9-14,18H,4,7-8,15H2,1-3H3,(H,22,23). The molecular weight excluding hydrogens is 330 g/mol. The highest BCUT2D eigenvalue weighted by Gasteiger charge is 2.19. The van der Waals surface area contributed by atoms with E-state index >= 15 is 0 Å². The van der Waals surface area contributed by atoms with Crippen LogP contribution in [0.3, 0.4) is 0 Å². The average molecular weight is 357 g/mol. The van der Waals surface area contributed by atoms with E-state index in [9.17, 15) is 4.79 Å². The van der Waals surface area contributed by atoms with Crippen molar-refractivity contribution in [2.45, 2.75) is 32.3 Å². The third kappa shape index (κ3) is 5.69. The maximum Gasteiger partial charge on any atom is 0.261 e. The van der Waals surface area contributed by atoms with Crippen LogP contribution in [0.2, 0.25) is 0 Å². The molecule has 0 heterocycles. The number of benzene rings is 2. The van der Waals surface area contributed by atoms with Crippen LogP contribution in [0.1, 0.15) is 25.3 Å². The summed E-state index contributed by atoms with van der Waals surface area (Å²) in [6.07, 6.45) is 1.81. The van der Waals surface area contributed by atoms with Gasteiger partial charge in [-0.25, -0.2) is 0 Å². The monoisotopic (exact) mass is 357 g/mol. The largest absolute Gasteiger partial charge is 0.497 e. The van der Waals surface area contributed by atoms with Crippen molar-refractivity contribution < 1.29 is 19.0 Å². The highest BCUT2D eigenvalue weighted by atomic mass is 16.5. The van der Waals surface area contributed by atoms with E-state index in [0.717, 1.165) is 18.6 Å². The number of aryl methyl sites for hydroxylation is 1. The summed E-state index contributed by atoms with van der Waals surface area (Å²) >= 11 is 0. The number of nitrogens with one attached hydrogen (secondary N) is 1. The van der Waals surface area contributed by atoms with Crippen LogP contribution < -0.4 is 19.5 Å². The molecule has 1 amide bonds. The molecule has 1 atom stereocenters. The normalized spacial score (nSPS) is 11.5. The fraction of sp³-hybridized carbons (Fsp3) is 0.381. The van der Waals surface area contributed by atoms with Crippen LogP contribution in [0.4, 0.5) is 0 Å². The SMILES string of the molecule is CCC(Oc1ccccc1OC)C(=O)NCCCc1ccc(OC)cc1. The average Bonchev–Trinajstić information content (AvgIpc) is 2.69. The van der Waals surface area contributed by atoms with Gasteiger partial charge in [0, 0.05) is 6.54 Å². The Kier molecular flexibility index (Phi) is 7.80. The second kappa shape index (κ2) is 10.3. The molecule has 0 spiro atoms. The first-order valence-electron chi connectivity index (χ1n) is 8.88. The zero-order chi connectivity index (χ0) is 18.8. The van der Waals surface area contributed by atoms with E-state index in [4.69, 9.17) is 14.2 Å². The fourth-order valence-corrected chi connectivity index (χ4v) is 2.60. The van der Waals surface area contributed by atoms with Crippen molar-refractivity contribution in [1.82, 2.24) is 5.32 Å². The van der Waals surface area contributed by atoms with Gasteiger partial charge < -0.3 is 19.5 Å². The maximum absolute atomic E-state index is 12.4. The molecule has 0 aliphatic heterocycles. The maximum atomic E-state index is 12.4. The molecule has 2 rings (SSSR count). The minimum Gasteiger partial charge on any atom is -0.497 e. The van der Waals surface area contributed by atoms with Gasteiger partial charge in [-0.15, -0.1) is 0 Å². The van der Waals surface area contributed by atoms with Gasteiger partial charge in [0.05, 0.1) is 14.2 Å². The number of hydrogen-bond donors (Lipinski definition) is 1.